The Morgan fingerprint density at radius 2 is 1.03 bits per heavy atom. The normalized spacial score (nSPS) is 11.8. The Kier molecular flexibility index (Phi) is 7.40. The number of hydrogen-bond acceptors (Lipinski definition) is 3. The molecule has 3 nitrogen and oxygen atoms in total. The first kappa shape index (κ1) is 32.8. The van der Waals surface area contributed by atoms with Gasteiger partial charge in [0, 0.05) is 48.4 Å². The largest absolute Gasteiger partial charge is 0.455 e. The maximum Gasteiger partial charge on any atom is 0.145 e. The van der Waals surface area contributed by atoms with Crippen molar-refractivity contribution < 1.29 is 4.42 Å². The van der Waals surface area contributed by atoms with Crippen LogP contribution in [0.2, 0.25) is 0 Å². The number of furan rings is 1. The molecule has 9 aromatic carbocycles. The Bertz CT molecular complexity index is 3480. The van der Waals surface area contributed by atoms with Crippen LogP contribution in [0.5, 0.6) is 0 Å². The van der Waals surface area contributed by atoms with Gasteiger partial charge in [-0.2, -0.15) is 0 Å². The smallest absolute Gasteiger partial charge is 0.145 e. The van der Waals surface area contributed by atoms with Crippen LogP contribution in [0, 0.1) is 0 Å². The summed E-state index contributed by atoms with van der Waals surface area (Å²) in [6, 6.07) is 74.3. The average molecular weight is 759 g/mol. The Morgan fingerprint density at radius 1 is 0.414 bits per heavy atom. The van der Waals surface area contributed by atoms with Crippen molar-refractivity contribution in [2.75, 3.05) is 4.90 Å². The maximum absolute atomic E-state index is 6.99. The Morgan fingerprint density at radius 3 is 1.86 bits per heavy atom. The van der Waals surface area contributed by atoms with E-state index in [9.17, 15) is 0 Å². The summed E-state index contributed by atoms with van der Waals surface area (Å²) in [5, 5.41) is 7.19. The number of nitrogens with zero attached hydrogens (tertiary/aromatic N) is 2. The SMILES string of the molecule is c1ccc(-c2ccccc2N(c2cccc3c2sc2ccccc23)c2ccc(-c3cccc(-n4c5ccccc5c5ccccc54)c3)c3oc4ccccc4c23)cc1. The van der Waals surface area contributed by atoms with Gasteiger partial charge in [-0.1, -0.05) is 146 Å². The summed E-state index contributed by atoms with van der Waals surface area (Å²) in [6.45, 7) is 0. The second-order valence-corrected chi connectivity index (χ2v) is 15.9. The molecule has 12 aromatic rings. The lowest BCUT2D eigenvalue weighted by Crippen LogP contribution is -2.12. The molecule has 4 heteroatoms. The molecule has 0 aliphatic carbocycles. The van der Waals surface area contributed by atoms with E-state index in [1.54, 1.807) is 0 Å². The van der Waals surface area contributed by atoms with Gasteiger partial charge in [0.2, 0.25) is 0 Å². The fourth-order valence-corrected chi connectivity index (χ4v) is 10.3. The molecule has 0 saturated carbocycles. The number of thiophene rings is 1. The van der Waals surface area contributed by atoms with Crippen LogP contribution < -0.4 is 4.90 Å². The van der Waals surface area contributed by atoms with Crippen molar-refractivity contribution in [1.29, 1.82) is 0 Å². The van der Waals surface area contributed by atoms with E-state index >= 15 is 0 Å². The molecule has 0 radical (unpaired) electrons. The molecule has 0 amide bonds. The lowest BCUT2D eigenvalue weighted by atomic mass is 9.97. The molecule has 0 aliphatic heterocycles. The summed E-state index contributed by atoms with van der Waals surface area (Å²) < 4.78 is 11.9. The van der Waals surface area contributed by atoms with Gasteiger partial charge in [-0.3, -0.25) is 0 Å². The standard InChI is InChI=1S/C54H34N2OS/c1-2-16-35(17-3-1)38-20-4-9-26-45(38)56(49-29-15-25-43-42-23-8-13-31-51(42)58-54(43)49)48-33-32-39(53-52(48)44-24-7-12-30-50(44)57-53)36-18-14-19-37(34-36)55-46-27-10-5-21-40(46)41-22-6-11-28-47(41)55/h1-34H. The van der Waals surface area contributed by atoms with Gasteiger partial charge in [0.1, 0.15) is 11.2 Å². The quantitative estimate of drug-likeness (QED) is 0.168. The van der Waals surface area contributed by atoms with Crippen molar-refractivity contribution in [3.05, 3.63) is 206 Å². The van der Waals surface area contributed by atoms with Crippen molar-refractivity contribution >= 4 is 92.3 Å². The zero-order valence-corrected chi connectivity index (χ0v) is 32.2. The van der Waals surface area contributed by atoms with Gasteiger partial charge in [-0.25, -0.2) is 0 Å². The molecule has 0 aliphatic rings. The van der Waals surface area contributed by atoms with Gasteiger partial charge in [0.25, 0.3) is 0 Å². The van der Waals surface area contributed by atoms with E-state index < -0.39 is 0 Å². The Balaban J connectivity index is 1.14. The monoisotopic (exact) mass is 758 g/mol. The van der Waals surface area contributed by atoms with E-state index in [1.807, 2.05) is 11.3 Å². The molecule has 0 N–H and O–H groups in total. The van der Waals surface area contributed by atoms with Gasteiger partial charge in [-0.05, 0) is 71.8 Å². The van der Waals surface area contributed by atoms with E-state index in [2.05, 4.69) is 216 Å². The van der Waals surface area contributed by atoms with E-state index in [0.29, 0.717) is 0 Å². The molecule has 58 heavy (non-hydrogen) atoms. The number of para-hydroxylation sites is 4. The summed E-state index contributed by atoms with van der Waals surface area (Å²) in [5.41, 5.74) is 13.0. The average Bonchev–Trinajstić information content (AvgIpc) is 3.98. The van der Waals surface area contributed by atoms with E-state index in [1.165, 1.54) is 47.5 Å². The minimum Gasteiger partial charge on any atom is -0.455 e. The summed E-state index contributed by atoms with van der Waals surface area (Å²) in [4.78, 5) is 2.47. The second kappa shape index (κ2) is 13.1. The van der Waals surface area contributed by atoms with Gasteiger partial charge in [-0.15, -0.1) is 11.3 Å². The number of aromatic nitrogens is 1. The minimum atomic E-state index is 0.862. The van der Waals surface area contributed by atoms with Gasteiger partial charge >= 0.3 is 0 Å². The molecule has 272 valence electrons. The van der Waals surface area contributed by atoms with Crippen molar-refractivity contribution in [2.24, 2.45) is 0 Å². The zero-order chi connectivity index (χ0) is 38.2. The highest BCUT2D eigenvalue weighted by Crippen LogP contribution is 2.51. The topological polar surface area (TPSA) is 21.3 Å². The van der Waals surface area contributed by atoms with Crippen LogP contribution in [-0.2, 0) is 0 Å². The molecule has 0 spiro atoms. The Labute approximate surface area is 338 Å². The van der Waals surface area contributed by atoms with Gasteiger partial charge in [0.15, 0.2) is 0 Å². The molecular weight excluding hydrogens is 725 g/mol. The summed E-state index contributed by atoms with van der Waals surface area (Å²) in [5.74, 6) is 0. The van der Waals surface area contributed by atoms with Crippen LogP contribution >= 0.6 is 11.3 Å². The number of benzene rings is 9. The van der Waals surface area contributed by atoms with E-state index in [-0.39, 0.29) is 0 Å². The Hall–Kier alpha value is -7.40. The third kappa shape index (κ3) is 4.99. The number of anilines is 3. The van der Waals surface area contributed by atoms with E-state index in [0.717, 1.165) is 61.4 Å². The van der Waals surface area contributed by atoms with Gasteiger partial charge < -0.3 is 13.9 Å². The van der Waals surface area contributed by atoms with Crippen molar-refractivity contribution in [3.63, 3.8) is 0 Å². The predicted molar refractivity (Wildman–Crippen MR) is 247 cm³/mol. The molecule has 0 atom stereocenters. The van der Waals surface area contributed by atoms with Crippen LogP contribution in [0.1, 0.15) is 0 Å². The van der Waals surface area contributed by atoms with E-state index in [4.69, 9.17) is 4.42 Å². The fraction of sp³-hybridized carbons (Fsp3) is 0. The molecule has 0 fully saturated rings. The third-order valence-corrected chi connectivity index (χ3v) is 12.8. The summed E-state index contributed by atoms with van der Waals surface area (Å²) in [6.07, 6.45) is 0. The number of fused-ring (bicyclic) bond motifs is 9. The summed E-state index contributed by atoms with van der Waals surface area (Å²) >= 11 is 1.85. The van der Waals surface area contributed by atoms with Crippen LogP contribution in [0.25, 0.3) is 91.9 Å². The maximum atomic E-state index is 6.99. The molecular formula is C54H34N2OS. The fourth-order valence-electron chi connectivity index (χ4n) is 9.07. The third-order valence-electron chi connectivity index (χ3n) is 11.6. The first-order valence-corrected chi connectivity index (χ1v) is 20.5. The minimum absolute atomic E-state index is 0.862. The summed E-state index contributed by atoms with van der Waals surface area (Å²) in [7, 11) is 0. The highest BCUT2D eigenvalue weighted by molar-refractivity contribution is 7.26. The highest BCUT2D eigenvalue weighted by Gasteiger charge is 2.26. The molecule has 3 heterocycles. The number of rotatable bonds is 6. The van der Waals surface area contributed by atoms with Crippen LogP contribution in [0.4, 0.5) is 17.1 Å². The highest BCUT2D eigenvalue weighted by atomic mass is 32.1. The van der Waals surface area contributed by atoms with Crippen molar-refractivity contribution in [2.45, 2.75) is 0 Å². The molecule has 3 aromatic heterocycles. The molecule has 12 rings (SSSR count). The lowest BCUT2D eigenvalue weighted by molar-refractivity contribution is 0.670. The molecule has 0 saturated heterocycles. The second-order valence-electron chi connectivity index (χ2n) is 14.8. The van der Waals surface area contributed by atoms with Crippen molar-refractivity contribution in [3.8, 4) is 27.9 Å². The first-order chi connectivity index (χ1) is 28.8. The lowest BCUT2D eigenvalue weighted by Gasteiger charge is -2.29. The molecule has 0 unspecified atom stereocenters. The van der Waals surface area contributed by atoms with Crippen LogP contribution in [-0.4, -0.2) is 4.57 Å². The molecule has 0 bridgehead atoms. The predicted octanol–water partition coefficient (Wildman–Crippen LogP) is 15.9. The van der Waals surface area contributed by atoms with Gasteiger partial charge in [0.05, 0.1) is 38.2 Å². The number of hydrogen-bond donors (Lipinski definition) is 0. The van der Waals surface area contributed by atoms with Crippen LogP contribution in [0.3, 0.4) is 0 Å². The zero-order valence-electron chi connectivity index (χ0n) is 31.3. The van der Waals surface area contributed by atoms with Crippen molar-refractivity contribution in [1.82, 2.24) is 4.57 Å². The first-order valence-electron chi connectivity index (χ1n) is 19.7. The van der Waals surface area contributed by atoms with Crippen LogP contribution in [0.15, 0.2) is 211 Å².